The van der Waals surface area contributed by atoms with Crippen LogP contribution in [0.2, 0.25) is 0 Å². The molecule has 0 aliphatic carbocycles. The van der Waals surface area contributed by atoms with E-state index in [-0.39, 0.29) is 5.41 Å². The lowest BCUT2D eigenvalue weighted by Crippen LogP contribution is -2.34. The number of carbonyl (C=O) groups excluding carboxylic acids is 1. The molecule has 0 unspecified atom stereocenters. The molecule has 0 aliphatic heterocycles. The van der Waals surface area contributed by atoms with Crippen LogP contribution < -0.4 is 5.32 Å². The van der Waals surface area contributed by atoms with E-state index in [9.17, 15) is 4.79 Å². The highest BCUT2D eigenvalue weighted by Crippen LogP contribution is 2.28. The number of aldehydes is 1. The second-order valence-corrected chi connectivity index (χ2v) is 5.56. The standard InChI is InChI=1S/C13H18BrNO/c1-10-4-5-11(14)8-12(10)13(2,3)9-15-6-7-16/h4-5,7-8,15H,6,9H2,1-3H3. The monoisotopic (exact) mass is 283 g/mol. The fourth-order valence-electron chi connectivity index (χ4n) is 1.86. The summed E-state index contributed by atoms with van der Waals surface area (Å²) in [4.78, 5) is 10.3. The van der Waals surface area contributed by atoms with Gasteiger partial charge >= 0.3 is 0 Å². The van der Waals surface area contributed by atoms with Gasteiger partial charge in [0.1, 0.15) is 6.29 Å². The Morgan fingerprint density at radius 3 is 2.75 bits per heavy atom. The first-order chi connectivity index (χ1) is 7.47. The molecule has 88 valence electrons. The molecule has 2 nitrogen and oxygen atoms in total. The topological polar surface area (TPSA) is 29.1 Å². The molecule has 0 aromatic heterocycles. The third-order valence-electron chi connectivity index (χ3n) is 2.72. The largest absolute Gasteiger partial charge is 0.309 e. The molecule has 1 rings (SSSR count). The van der Waals surface area contributed by atoms with Crippen molar-refractivity contribution in [1.82, 2.24) is 5.32 Å². The van der Waals surface area contributed by atoms with Crippen molar-refractivity contribution in [3.63, 3.8) is 0 Å². The summed E-state index contributed by atoms with van der Waals surface area (Å²) in [5.74, 6) is 0. The van der Waals surface area contributed by atoms with Crippen LogP contribution in [0.1, 0.15) is 25.0 Å². The molecule has 0 amide bonds. The lowest BCUT2D eigenvalue weighted by Gasteiger charge is -2.27. The maximum absolute atomic E-state index is 10.3. The minimum atomic E-state index is 0.0247. The number of carbonyl (C=O) groups is 1. The van der Waals surface area contributed by atoms with Crippen LogP contribution in [0.5, 0.6) is 0 Å². The number of halogens is 1. The van der Waals surface area contributed by atoms with E-state index in [4.69, 9.17) is 0 Å². The summed E-state index contributed by atoms with van der Waals surface area (Å²) in [6, 6.07) is 6.31. The first-order valence-corrected chi connectivity index (χ1v) is 6.17. The number of rotatable bonds is 5. The predicted molar refractivity (Wildman–Crippen MR) is 70.8 cm³/mol. The zero-order chi connectivity index (χ0) is 12.2. The van der Waals surface area contributed by atoms with Crippen LogP contribution in [0.25, 0.3) is 0 Å². The van der Waals surface area contributed by atoms with Crippen molar-refractivity contribution in [2.24, 2.45) is 0 Å². The number of hydrogen-bond donors (Lipinski definition) is 1. The zero-order valence-electron chi connectivity index (χ0n) is 10.0. The van der Waals surface area contributed by atoms with E-state index in [1.54, 1.807) is 0 Å². The van der Waals surface area contributed by atoms with E-state index < -0.39 is 0 Å². The third-order valence-corrected chi connectivity index (χ3v) is 3.22. The van der Waals surface area contributed by atoms with Crippen LogP contribution in [0.4, 0.5) is 0 Å². The summed E-state index contributed by atoms with van der Waals surface area (Å²) < 4.78 is 1.09. The van der Waals surface area contributed by atoms with E-state index >= 15 is 0 Å². The second-order valence-electron chi connectivity index (χ2n) is 4.64. The molecule has 16 heavy (non-hydrogen) atoms. The Labute approximate surface area is 106 Å². The normalized spacial score (nSPS) is 11.5. The summed E-state index contributed by atoms with van der Waals surface area (Å²) >= 11 is 3.49. The Hall–Kier alpha value is -0.670. The molecule has 0 heterocycles. The molecule has 0 saturated carbocycles. The lowest BCUT2D eigenvalue weighted by atomic mass is 9.82. The summed E-state index contributed by atoms with van der Waals surface area (Å²) in [6.07, 6.45) is 0.893. The van der Waals surface area contributed by atoms with Gasteiger partial charge in [-0.3, -0.25) is 0 Å². The first kappa shape index (κ1) is 13.4. The van der Waals surface area contributed by atoms with Crippen molar-refractivity contribution in [2.45, 2.75) is 26.2 Å². The van der Waals surface area contributed by atoms with Crippen LogP contribution in [-0.4, -0.2) is 19.4 Å². The molecule has 3 heteroatoms. The summed E-state index contributed by atoms with van der Waals surface area (Å²) in [5.41, 5.74) is 2.61. The lowest BCUT2D eigenvalue weighted by molar-refractivity contribution is -0.107. The summed E-state index contributed by atoms with van der Waals surface area (Å²) in [6.45, 7) is 7.68. The number of aryl methyl sites for hydroxylation is 1. The fraction of sp³-hybridized carbons (Fsp3) is 0.462. The minimum Gasteiger partial charge on any atom is -0.309 e. The van der Waals surface area contributed by atoms with E-state index in [1.807, 2.05) is 6.07 Å². The molecule has 0 atom stereocenters. The Morgan fingerprint density at radius 1 is 1.44 bits per heavy atom. The maximum Gasteiger partial charge on any atom is 0.133 e. The van der Waals surface area contributed by atoms with E-state index in [2.05, 4.69) is 54.2 Å². The van der Waals surface area contributed by atoms with Crippen LogP contribution in [0.3, 0.4) is 0 Å². The molecular formula is C13H18BrNO. The SMILES string of the molecule is Cc1ccc(Br)cc1C(C)(C)CNCC=O. The van der Waals surface area contributed by atoms with Gasteiger partial charge in [-0.1, -0.05) is 35.8 Å². The van der Waals surface area contributed by atoms with E-state index in [0.717, 1.165) is 17.3 Å². The van der Waals surface area contributed by atoms with Crippen molar-refractivity contribution in [3.8, 4) is 0 Å². The van der Waals surface area contributed by atoms with E-state index in [0.29, 0.717) is 6.54 Å². The van der Waals surface area contributed by atoms with Gasteiger partial charge in [0.05, 0.1) is 6.54 Å². The predicted octanol–water partition coefficient (Wildman–Crippen LogP) is 2.82. The summed E-state index contributed by atoms with van der Waals surface area (Å²) in [5, 5.41) is 3.14. The number of benzene rings is 1. The van der Waals surface area contributed by atoms with Gasteiger partial charge in [-0.05, 0) is 30.2 Å². The Morgan fingerprint density at radius 2 is 2.12 bits per heavy atom. The van der Waals surface area contributed by atoms with Gasteiger partial charge in [0.2, 0.25) is 0 Å². The first-order valence-electron chi connectivity index (χ1n) is 5.38. The van der Waals surface area contributed by atoms with Gasteiger partial charge in [0.15, 0.2) is 0 Å². The van der Waals surface area contributed by atoms with Crippen LogP contribution >= 0.6 is 15.9 Å². The Kier molecular flexibility index (Phi) is 4.69. The smallest absolute Gasteiger partial charge is 0.133 e. The van der Waals surface area contributed by atoms with Gasteiger partial charge < -0.3 is 10.1 Å². The van der Waals surface area contributed by atoms with E-state index in [1.165, 1.54) is 11.1 Å². The number of nitrogens with one attached hydrogen (secondary N) is 1. The fourth-order valence-corrected chi connectivity index (χ4v) is 2.22. The van der Waals surface area contributed by atoms with Crippen molar-refractivity contribution in [1.29, 1.82) is 0 Å². The molecule has 1 N–H and O–H groups in total. The molecule has 0 radical (unpaired) electrons. The zero-order valence-corrected chi connectivity index (χ0v) is 11.6. The highest BCUT2D eigenvalue weighted by molar-refractivity contribution is 9.10. The highest BCUT2D eigenvalue weighted by atomic mass is 79.9. The van der Waals surface area contributed by atoms with Crippen molar-refractivity contribution < 1.29 is 4.79 Å². The van der Waals surface area contributed by atoms with Gasteiger partial charge in [-0.15, -0.1) is 0 Å². The van der Waals surface area contributed by atoms with Crippen LogP contribution in [-0.2, 0) is 10.2 Å². The quantitative estimate of drug-likeness (QED) is 0.665. The molecule has 0 bridgehead atoms. The van der Waals surface area contributed by atoms with Crippen LogP contribution in [0, 0.1) is 6.92 Å². The molecule has 0 saturated heterocycles. The van der Waals surface area contributed by atoms with Gasteiger partial charge in [0.25, 0.3) is 0 Å². The number of hydrogen-bond acceptors (Lipinski definition) is 2. The maximum atomic E-state index is 10.3. The summed E-state index contributed by atoms with van der Waals surface area (Å²) in [7, 11) is 0. The average molecular weight is 284 g/mol. The molecule has 0 fully saturated rings. The molecule has 0 aliphatic rings. The average Bonchev–Trinajstić information content (AvgIpc) is 2.22. The molecule has 0 spiro atoms. The Bertz CT molecular complexity index is 374. The Balaban J connectivity index is 2.87. The molecule has 1 aromatic rings. The van der Waals surface area contributed by atoms with Crippen molar-refractivity contribution in [2.75, 3.05) is 13.1 Å². The van der Waals surface area contributed by atoms with Crippen molar-refractivity contribution >= 4 is 22.2 Å². The van der Waals surface area contributed by atoms with Gasteiger partial charge in [-0.25, -0.2) is 0 Å². The molecule has 1 aromatic carbocycles. The van der Waals surface area contributed by atoms with Crippen LogP contribution in [0.15, 0.2) is 22.7 Å². The highest BCUT2D eigenvalue weighted by Gasteiger charge is 2.22. The van der Waals surface area contributed by atoms with Gasteiger partial charge in [0, 0.05) is 16.4 Å². The third kappa shape index (κ3) is 3.42. The minimum absolute atomic E-state index is 0.0247. The molecular weight excluding hydrogens is 266 g/mol. The van der Waals surface area contributed by atoms with Crippen molar-refractivity contribution in [3.05, 3.63) is 33.8 Å². The van der Waals surface area contributed by atoms with Gasteiger partial charge in [-0.2, -0.15) is 0 Å². The second kappa shape index (κ2) is 5.60.